The van der Waals surface area contributed by atoms with Crippen molar-refractivity contribution >= 4 is 11.6 Å². The van der Waals surface area contributed by atoms with Gasteiger partial charge in [0.25, 0.3) is 5.35 Å². The lowest BCUT2D eigenvalue weighted by Gasteiger charge is -1.84. The number of aliphatic hydroxyl groups excluding tert-OH is 1. The van der Waals surface area contributed by atoms with Crippen LogP contribution in [0.5, 0.6) is 0 Å². The minimum absolute atomic E-state index is 0.0610. The van der Waals surface area contributed by atoms with Gasteiger partial charge in [0.1, 0.15) is 5.76 Å². The maximum Gasteiger partial charge on any atom is 0.292 e. The molecule has 1 aromatic heterocycles. The minimum Gasteiger partial charge on any atom is -0.433 e. The van der Waals surface area contributed by atoms with E-state index in [-0.39, 0.29) is 12.0 Å². The van der Waals surface area contributed by atoms with E-state index in [2.05, 4.69) is 4.98 Å². The second kappa shape index (κ2) is 2.85. The number of hydrogen-bond donors (Lipinski definition) is 1. The SMILES string of the molecule is OCCc1cnc(Cl)o1. The summed E-state index contributed by atoms with van der Waals surface area (Å²) in [6.45, 7) is 0.0610. The molecule has 1 N–H and O–H groups in total. The van der Waals surface area contributed by atoms with E-state index in [1.165, 1.54) is 6.20 Å². The Hall–Kier alpha value is -0.540. The van der Waals surface area contributed by atoms with Gasteiger partial charge in [0.15, 0.2) is 0 Å². The van der Waals surface area contributed by atoms with Crippen LogP contribution in [0.3, 0.4) is 0 Å². The molecule has 0 aliphatic heterocycles. The van der Waals surface area contributed by atoms with E-state index in [4.69, 9.17) is 21.1 Å². The average Bonchev–Trinajstić information content (AvgIpc) is 2.17. The lowest BCUT2D eigenvalue weighted by Crippen LogP contribution is -1.85. The van der Waals surface area contributed by atoms with Crippen molar-refractivity contribution < 1.29 is 9.52 Å². The van der Waals surface area contributed by atoms with Crippen LogP contribution >= 0.6 is 11.6 Å². The zero-order valence-corrected chi connectivity index (χ0v) is 5.43. The first-order valence-electron chi connectivity index (χ1n) is 2.54. The van der Waals surface area contributed by atoms with Gasteiger partial charge >= 0.3 is 0 Å². The molecule has 1 aromatic rings. The highest BCUT2D eigenvalue weighted by atomic mass is 35.5. The Kier molecular flexibility index (Phi) is 2.08. The molecule has 0 saturated heterocycles. The number of halogens is 1. The second-order valence-corrected chi connectivity index (χ2v) is 1.88. The van der Waals surface area contributed by atoms with Crippen LogP contribution < -0.4 is 0 Å². The molecular formula is C5H6ClNO2. The largest absolute Gasteiger partial charge is 0.433 e. The van der Waals surface area contributed by atoms with Crippen LogP contribution in [-0.4, -0.2) is 16.7 Å². The fourth-order valence-electron chi connectivity index (χ4n) is 0.509. The standard InChI is InChI=1S/C5H6ClNO2/c6-5-7-3-4(9-5)1-2-8/h3,8H,1-2H2. The Morgan fingerprint density at radius 3 is 3.00 bits per heavy atom. The quantitative estimate of drug-likeness (QED) is 0.675. The summed E-state index contributed by atoms with van der Waals surface area (Å²) in [6.07, 6.45) is 1.97. The van der Waals surface area contributed by atoms with E-state index < -0.39 is 0 Å². The van der Waals surface area contributed by atoms with Crippen molar-refractivity contribution in [2.75, 3.05) is 6.61 Å². The van der Waals surface area contributed by atoms with E-state index in [1.807, 2.05) is 0 Å². The fourth-order valence-corrected chi connectivity index (χ4v) is 0.657. The van der Waals surface area contributed by atoms with Gasteiger partial charge in [0.2, 0.25) is 0 Å². The Morgan fingerprint density at radius 2 is 2.56 bits per heavy atom. The molecule has 3 nitrogen and oxygen atoms in total. The maximum atomic E-state index is 8.40. The lowest BCUT2D eigenvalue weighted by molar-refractivity contribution is 0.288. The van der Waals surface area contributed by atoms with Crippen molar-refractivity contribution in [1.82, 2.24) is 4.98 Å². The number of rotatable bonds is 2. The summed E-state index contributed by atoms with van der Waals surface area (Å²) in [4.78, 5) is 3.62. The van der Waals surface area contributed by atoms with E-state index in [9.17, 15) is 0 Å². The molecule has 0 aliphatic rings. The molecule has 9 heavy (non-hydrogen) atoms. The molecule has 4 heteroatoms. The Morgan fingerprint density at radius 1 is 1.78 bits per heavy atom. The number of nitrogens with zero attached hydrogens (tertiary/aromatic N) is 1. The monoisotopic (exact) mass is 147 g/mol. The first-order chi connectivity index (χ1) is 4.33. The Bertz CT molecular complexity index is 187. The van der Waals surface area contributed by atoms with Gasteiger partial charge in [-0.15, -0.1) is 0 Å². The van der Waals surface area contributed by atoms with Crippen molar-refractivity contribution in [3.63, 3.8) is 0 Å². The van der Waals surface area contributed by atoms with Gasteiger partial charge in [0.05, 0.1) is 12.8 Å². The van der Waals surface area contributed by atoms with Crippen LogP contribution in [0, 0.1) is 0 Å². The zero-order chi connectivity index (χ0) is 6.69. The molecule has 0 bridgehead atoms. The summed E-state index contributed by atoms with van der Waals surface area (Å²) < 4.78 is 4.82. The normalized spacial score (nSPS) is 10.0. The zero-order valence-electron chi connectivity index (χ0n) is 4.67. The van der Waals surface area contributed by atoms with Crippen LogP contribution in [0.25, 0.3) is 0 Å². The molecule has 0 unspecified atom stereocenters. The van der Waals surface area contributed by atoms with E-state index in [0.717, 1.165) is 0 Å². The molecule has 0 aliphatic carbocycles. The minimum atomic E-state index is 0.0610. The second-order valence-electron chi connectivity index (χ2n) is 1.55. The van der Waals surface area contributed by atoms with Gasteiger partial charge in [-0.1, -0.05) is 0 Å². The van der Waals surface area contributed by atoms with Crippen molar-refractivity contribution in [1.29, 1.82) is 0 Å². The van der Waals surface area contributed by atoms with Crippen molar-refractivity contribution in [2.45, 2.75) is 6.42 Å². The molecule has 0 saturated carbocycles. The number of oxazole rings is 1. The summed E-state index contributed by atoms with van der Waals surface area (Å²) in [6, 6.07) is 0. The average molecular weight is 148 g/mol. The Labute approximate surface area is 57.3 Å². The van der Waals surface area contributed by atoms with Gasteiger partial charge in [-0.25, -0.2) is 4.98 Å². The smallest absolute Gasteiger partial charge is 0.292 e. The van der Waals surface area contributed by atoms with Gasteiger partial charge in [-0.05, 0) is 11.6 Å². The van der Waals surface area contributed by atoms with Crippen molar-refractivity contribution in [2.24, 2.45) is 0 Å². The number of hydrogen-bond acceptors (Lipinski definition) is 3. The summed E-state index contributed by atoms with van der Waals surface area (Å²) >= 11 is 5.34. The highest BCUT2D eigenvalue weighted by molar-refractivity contribution is 6.27. The highest BCUT2D eigenvalue weighted by Crippen LogP contribution is 2.08. The van der Waals surface area contributed by atoms with Gasteiger partial charge in [-0.2, -0.15) is 0 Å². The highest BCUT2D eigenvalue weighted by Gasteiger charge is 1.97. The third-order valence-electron chi connectivity index (χ3n) is 0.884. The first kappa shape index (κ1) is 6.58. The van der Waals surface area contributed by atoms with Gasteiger partial charge in [-0.3, -0.25) is 0 Å². The first-order valence-corrected chi connectivity index (χ1v) is 2.92. The maximum absolute atomic E-state index is 8.40. The number of aliphatic hydroxyl groups is 1. The van der Waals surface area contributed by atoms with Crippen LogP contribution in [0.2, 0.25) is 5.35 Å². The number of aromatic nitrogens is 1. The van der Waals surface area contributed by atoms with Crippen LogP contribution in [0.15, 0.2) is 10.6 Å². The molecule has 0 radical (unpaired) electrons. The summed E-state index contributed by atoms with van der Waals surface area (Å²) in [5, 5.41) is 8.52. The molecule has 0 atom stereocenters. The topological polar surface area (TPSA) is 46.3 Å². The van der Waals surface area contributed by atoms with Crippen molar-refractivity contribution in [3.8, 4) is 0 Å². The molecule has 0 fully saturated rings. The fraction of sp³-hybridized carbons (Fsp3) is 0.400. The molecule has 1 rings (SSSR count). The molecular weight excluding hydrogens is 142 g/mol. The van der Waals surface area contributed by atoms with Gasteiger partial charge < -0.3 is 9.52 Å². The van der Waals surface area contributed by atoms with E-state index in [1.54, 1.807) is 0 Å². The third-order valence-corrected chi connectivity index (χ3v) is 1.06. The predicted octanol–water partition coefficient (Wildman–Crippen LogP) is 0.863. The summed E-state index contributed by atoms with van der Waals surface area (Å²) in [7, 11) is 0. The van der Waals surface area contributed by atoms with Crippen molar-refractivity contribution in [3.05, 3.63) is 17.3 Å². The Balaban J connectivity index is 2.61. The molecule has 0 spiro atoms. The lowest BCUT2D eigenvalue weighted by atomic mass is 10.4. The van der Waals surface area contributed by atoms with Crippen LogP contribution in [0.1, 0.15) is 5.76 Å². The molecule has 0 aromatic carbocycles. The predicted molar refractivity (Wildman–Crippen MR) is 32.3 cm³/mol. The van der Waals surface area contributed by atoms with Crippen LogP contribution in [-0.2, 0) is 6.42 Å². The molecule has 50 valence electrons. The molecule has 0 amide bonds. The molecule has 1 heterocycles. The third kappa shape index (κ3) is 1.69. The van der Waals surface area contributed by atoms with Crippen LogP contribution in [0.4, 0.5) is 0 Å². The van der Waals surface area contributed by atoms with Gasteiger partial charge in [0, 0.05) is 6.42 Å². The van der Waals surface area contributed by atoms with E-state index >= 15 is 0 Å². The summed E-state index contributed by atoms with van der Waals surface area (Å²) in [5.41, 5.74) is 0. The summed E-state index contributed by atoms with van der Waals surface area (Å²) in [5.74, 6) is 0.613. The van der Waals surface area contributed by atoms with E-state index in [0.29, 0.717) is 12.2 Å².